The Labute approximate surface area is 178 Å². The van der Waals surface area contributed by atoms with Crippen LogP contribution >= 0.6 is 0 Å². The van der Waals surface area contributed by atoms with Crippen LogP contribution in [0, 0.1) is 13.2 Å². The fourth-order valence-corrected chi connectivity index (χ4v) is 2.70. The molecule has 0 heterocycles. The standard InChI is InChI=1S/C24H28O6/c1-4-7-18-10-14-20(15-11-18)23(25)29-27-22(9-6-3)28-30-24(26)21-16-12-19(8-5-2)13-17-21/h10-17H,3-9H2,1-2H3. The molecule has 2 rings (SSSR count). The summed E-state index contributed by atoms with van der Waals surface area (Å²) >= 11 is 0. The third-order valence-corrected chi connectivity index (χ3v) is 4.26. The highest BCUT2D eigenvalue weighted by atomic mass is 17.3. The van der Waals surface area contributed by atoms with Crippen molar-refractivity contribution >= 4 is 11.9 Å². The molecule has 0 aliphatic carbocycles. The number of rotatable bonds is 12. The molecule has 0 saturated heterocycles. The molecule has 0 aromatic heterocycles. The molecule has 0 aliphatic rings. The van der Waals surface area contributed by atoms with Crippen molar-refractivity contribution in [3.05, 3.63) is 84.0 Å². The van der Waals surface area contributed by atoms with E-state index >= 15 is 0 Å². The van der Waals surface area contributed by atoms with Crippen LogP contribution in [-0.2, 0) is 32.4 Å². The zero-order valence-electron chi connectivity index (χ0n) is 17.5. The minimum absolute atomic E-state index is 0.170. The van der Waals surface area contributed by atoms with Gasteiger partial charge in [-0.2, -0.15) is 0 Å². The summed E-state index contributed by atoms with van der Waals surface area (Å²) in [6.07, 6.45) is 4.33. The average molecular weight is 412 g/mol. The van der Waals surface area contributed by atoms with E-state index in [1.54, 1.807) is 24.3 Å². The van der Waals surface area contributed by atoms with Gasteiger partial charge >= 0.3 is 18.2 Å². The number of benzene rings is 2. The molecule has 0 saturated carbocycles. The molecule has 0 amide bonds. The molecule has 0 bridgehead atoms. The van der Waals surface area contributed by atoms with E-state index in [2.05, 4.69) is 20.8 Å². The van der Waals surface area contributed by atoms with Crippen LogP contribution in [0.15, 0.2) is 48.5 Å². The summed E-state index contributed by atoms with van der Waals surface area (Å²) in [7, 11) is 0. The second-order valence-corrected chi connectivity index (χ2v) is 6.78. The molecule has 6 nitrogen and oxygen atoms in total. The predicted octanol–water partition coefficient (Wildman–Crippen LogP) is 5.57. The van der Waals surface area contributed by atoms with E-state index in [-0.39, 0.29) is 12.7 Å². The van der Waals surface area contributed by atoms with Gasteiger partial charge in [0.25, 0.3) is 0 Å². The quantitative estimate of drug-likeness (QED) is 0.335. The Morgan fingerprint density at radius 3 is 1.43 bits per heavy atom. The molecule has 160 valence electrons. The smallest absolute Gasteiger partial charge is 0.289 e. The monoisotopic (exact) mass is 412 g/mol. The summed E-state index contributed by atoms with van der Waals surface area (Å²) in [4.78, 5) is 43.7. The second kappa shape index (κ2) is 12.8. The van der Waals surface area contributed by atoms with E-state index in [4.69, 9.17) is 19.6 Å². The van der Waals surface area contributed by atoms with Gasteiger partial charge in [0.2, 0.25) is 0 Å². The van der Waals surface area contributed by atoms with Gasteiger partial charge in [-0.05, 0) is 54.7 Å². The third kappa shape index (κ3) is 7.61. The van der Waals surface area contributed by atoms with Crippen LogP contribution in [0.2, 0.25) is 0 Å². The van der Waals surface area contributed by atoms with Gasteiger partial charge in [-0.3, -0.25) is 9.78 Å². The minimum Gasteiger partial charge on any atom is -0.289 e. The zero-order valence-corrected chi connectivity index (χ0v) is 17.5. The van der Waals surface area contributed by atoms with E-state index in [0.717, 1.165) is 36.8 Å². The SMILES string of the molecule is [CH2]CC[C](OOC(=O)c1ccc(CCC)cc1)OOC(=O)c1ccc(CCC)cc1. The first kappa shape index (κ1) is 23.6. The van der Waals surface area contributed by atoms with E-state index in [0.29, 0.717) is 17.5 Å². The lowest BCUT2D eigenvalue weighted by atomic mass is 10.1. The Kier molecular flexibility index (Phi) is 10.0. The van der Waals surface area contributed by atoms with Crippen molar-refractivity contribution in [2.45, 2.75) is 52.4 Å². The van der Waals surface area contributed by atoms with Crippen molar-refractivity contribution in [2.24, 2.45) is 0 Å². The first-order chi connectivity index (χ1) is 14.6. The summed E-state index contributed by atoms with van der Waals surface area (Å²) in [5.74, 6) is -1.36. The normalized spacial score (nSPS) is 10.8. The first-order valence-corrected chi connectivity index (χ1v) is 10.2. The second-order valence-electron chi connectivity index (χ2n) is 6.78. The van der Waals surface area contributed by atoms with Gasteiger partial charge in [0.15, 0.2) is 0 Å². The number of hydrogen-bond acceptors (Lipinski definition) is 6. The molecule has 0 unspecified atom stereocenters. The molecule has 0 N–H and O–H groups in total. The fourth-order valence-electron chi connectivity index (χ4n) is 2.70. The highest BCUT2D eigenvalue weighted by molar-refractivity contribution is 5.89. The van der Waals surface area contributed by atoms with Crippen LogP contribution in [0.1, 0.15) is 71.4 Å². The van der Waals surface area contributed by atoms with Crippen molar-refractivity contribution in [3.63, 3.8) is 0 Å². The molecule has 0 fully saturated rings. The molecule has 6 heteroatoms. The summed E-state index contributed by atoms with van der Waals surface area (Å²) in [6.45, 7) is 7.86. The van der Waals surface area contributed by atoms with Gasteiger partial charge in [-0.15, -0.1) is 9.78 Å². The van der Waals surface area contributed by atoms with Crippen LogP contribution in [0.25, 0.3) is 0 Å². The summed E-state index contributed by atoms with van der Waals surface area (Å²) in [6, 6.07) is 14.1. The van der Waals surface area contributed by atoms with Gasteiger partial charge in [-0.1, -0.05) is 57.9 Å². The maximum Gasteiger partial charge on any atom is 0.373 e. The van der Waals surface area contributed by atoms with Crippen LogP contribution in [-0.4, -0.2) is 11.9 Å². The van der Waals surface area contributed by atoms with Gasteiger partial charge in [-0.25, -0.2) is 9.59 Å². The summed E-state index contributed by atoms with van der Waals surface area (Å²) in [5, 5.41) is 0. The number of carbonyl (C=O) groups excluding carboxylic acids is 2. The van der Waals surface area contributed by atoms with Crippen LogP contribution in [0.4, 0.5) is 0 Å². The van der Waals surface area contributed by atoms with Crippen molar-refractivity contribution in [1.29, 1.82) is 0 Å². The topological polar surface area (TPSA) is 71.1 Å². The lowest BCUT2D eigenvalue weighted by Gasteiger charge is -2.13. The van der Waals surface area contributed by atoms with E-state index in [1.165, 1.54) is 0 Å². The maximum atomic E-state index is 12.1. The van der Waals surface area contributed by atoms with Crippen LogP contribution in [0.3, 0.4) is 0 Å². The molecule has 2 aromatic rings. The summed E-state index contributed by atoms with van der Waals surface area (Å²) in [5.41, 5.74) is 2.95. The first-order valence-electron chi connectivity index (χ1n) is 10.2. The lowest BCUT2D eigenvalue weighted by molar-refractivity contribution is -0.363. The Hall–Kier alpha value is -2.70. The molecule has 0 spiro atoms. The molecular weight excluding hydrogens is 384 g/mol. The van der Waals surface area contributed by atoms with E-state index in [1.807, 2.05) is 24.3 Å². The van der Waals surface area contributed by atoms with E-state index in [9.17, 15) is 9.59 Å². The number of hydrogen-bond donors (Lipinski definition) is 0. The van der Waals surface area contributed by atoms with Gasteiger partial charge in [0.1, 0.15) is 0 Å². The Balaban J connectivity index is 1.84. The van der Waals surface area contributed by atoms with Gasteiger partial charge in [0.05, 0.1) is 11.1 Å². The zero-order chi connectivity index (χ0) is 21.8. The molecule has 2 radical (unpaired) electrons. The van der Waals surface area contributed by atoms with Crippen molar-refractivity contribution in [3.8, 4) is 0 Å². The minimum atomic E-state index is -0.680. The van der Waals surface area contributed by atoms with E-state index < -0.39 is 11.9 Å². The van der Waals surface area contributed by atoms with Crippen molar-refractivity contribution in [2.75, 3.05) is 0 Å². The maximum absolute atomic E-state index is 12.1. The summed E-state index contributed by atoms with van der Waals surface area (Å²) < 4.78 is 0. The molecule has 2 aromatic carbocycles. The lowest BCUT2D eigenvalue weighted by Crippen LogP contribution is -2.16. The highest BCUT2D eigenvalue weighted by Gasteiger charge is 2.21. The predicted molar refractivity (Wildman–Crippen MR) is 112 cm³/mol. The van der Waals surface area contributed by atoms with Crippen molar-refractivity contribution in [1.82, 2.24) is 0 Å². The Morgan fingerprint density at radius 2 is 1.10 bits per heavy atom. The molecule has 30 heavy (non-hydrogen) atoms. The van der Waals surface area contributed by atoms with Gasteiger partial charge in [0, 0.05) is 6.42 Å². The molecular formula is C24H28O6. The third-order valence-electron chi connectivity index (χ3n) is 4.26. The highest BCUT2D eigenvalue weighted by Crippen LogP contribution is 2.17. The van der Waals surface area contributed by atoms with Crippen LogP contribution in [0.5, 0.6) is 0 Å². The largest absolute Gasteiger partial charge is 0.373 e. The molecule has 0 atom stereocenters. The van der Waals surface area contributed by atoms with Crippen LogP contribution < -0.4 is 0 Å². The number of aryl methyl sites for hydroxylation is 2. The Bertz CT molecular complexity index is 717. The molecule has 0 aliphatic heterocycles. The fraction of sp³-hybridized carbons (Fsp3) is 0.333. The number of carbonyl (C=O) groups is 2. The average Bonchev–Trinajstić information content (AvgIpc) is 2.76. The van der Waals surface area contributed by atoms with Crippen molar-refractivity contribution < 1.29 is 29.1 Å². The Morgan fingerprint density at radius 1 is 0.700 bits per heavy atom. The van der Waals surface area contributed by atoms with Gasteiger partial charge < -0.3 is 0 Å².